The van der Waals surface area contributed by atoms with Crippen LogP contribution < -0.4 is 5.32 Å². The van der Waals surface area contributed by atoms with Gasteiger partial charge >= 0.3 is 0 Å². The fourth-order valence-corrected chi connectivity index (χ4v) is 3.73. The monoisotopic (exact) mass is 282 g/mol. The van der Waals surface area contributed by atoms with Gasteiger partial charge in [0, 0.05) is 23.9 Å². The van der Waals surface area contributed by atoms with E-state index in [1.54, 1.807) is 0 Å². The maximum Gasteiger partial charge on any atom is 0.0761 e. The van der Waals surface area contributed by atoms with Crippen LogP contribution in [0, 0.1) is 0 Å². The summed E-state index contributed by atoms with van der Waals surface area (Å²) in [4.78, 5) is 5.05. The summed E-state index contributed by atoms with van der Waals surface area (Å²) < 4.78 is 5.66. The first-order chi connectivity index (χ1) is 10.4. The van der Waals surface area contributed by atoms with Crippen LogP contribution in [0.1, 0.15) is 42.1 Å². The third-order valence-electron chi connectivity index (χ3n) is 4.75. The highest BCUT2D eigenvalue weighted by atomic mass is 16.5. The summed E-state index contributed by atoms with van der Waals surface area (Å²) in [6.45, 7) is 4.58. The Bertz CT molecular complexity index is 693. The van der Waals surface area contributed by atoms with Crippen LogP contribution in [0.15, 0.2) is 12.1 Å². The van der Waals surface area contributed by atoms with Crippen molar-refractivity contribution < 1.29 is 4.74 Å². The third kappa shape index (κ3) is 2.11. The lowest BCUT2D eigenvalue weighted by atomic mass is 9.88. The summed E-state index contributed by atoms with van der Waals surface area (Å²) in [5.41, 5.74) is 8.01. The summed E-state index contributed by atoms with van der Waals surface area (Å²) >= 11 is 0. The molecule has 1 aromatic carbocycles. The molecule has 0 saturated carbocycles. The van der Waals surface area contributed by atoms with Crippen molar-refractivity contribution in [3.8, 4) is 0 Å². The highest BCUT2D eigenvalue weighted by Crippen LogP contribution is 2.36. The molecule has 0 atom stereocenters. The van der Waals surface area contributed by atoms with Gasteiger partial charge in [-0.15, -0.1) is 0 Å². The summed E-state index contributed by atoms with van der Waals surface area (Å²) in [5.74, 6) is 0. The second-order valence-electron chi connectivity index (χ2n) is 6.05. The van der Waals surface area contributed by atoms with Crippen LogP contribution in [0.4, 0.5) is 5.69 Å². The SMILES string of the molecule is CCNc1c2c(nc3c4c(ccc13)CCCC4)CCOC2. The lowest BCUT2D eigenvalue weighted by molar-refractivity contribution is 0.110. The maximum atomic E-state index is 5.66. The molecule has 4 rings (SSSR count). The first-order valence-corrected chi connectivity index (χ1v) is 8.16. The number of benzene rings is 1. The lowest BCUT2D eigenvalue weighted by Gasteiger charge is -2.24. The number of nitrogens with zero attached hydrogens (tertiary/aromatic N) is 1. The van der Waals surface area contributed by atoms with E-state index in [0.717, 1.165) is 19.6 Å². The molecular formula is C18H22N2O. The molecule has 110 valence electrons. The van der Waals surface area contributed by atoms with Crippen molar-refractivity contribution in [3.05, 3.63) is 34.5 Å². The van der Waals surface area contributed by atoms with E-state index in [-0.39, 0.29) is 0 Å². The van der Waals surface area contributed by atoms with E-state index in [1.807, 2.05) is 0 Å². The van der Waals surface area contributed by atoms with Crippen LogP contribution in [-0.2, 0) is 30.6 Å². The molecule has 1 aromatic heterocycles. The second-order valence-corrected chi connectivity index (χ2v) is 6.05. The van der Waals surface area contributed by atoms with Gasteiger partial charge in [-0.2, -0.15) is 0 Å². The van der Waals surface area contributed by atoms with Gasteiger partial charge in [0.15, 0.2) is 0 Å². The Balaban J connectivity index is 2.01. The van der Waals surface area contributed by atoms with E-state index in [0.29, 0.717) is 6.61 Å². The first kappa shape index (κ1) is 13.1. The molecule has 3 nitrogen and oxygen atoms in total. The largest absolute Gasteiger partial charge is 0.384 e. The minimum absolute atomic E-state index is 0.692. The molecule has 2 aromatic rings. The van der Waals surface area contributed by atoms with E-state index >= 15 is 0 Å². The average Bonchev–Trinajstić information content (AvgIpc) is 2.55. The van der Waals surface area contributed by atoms with E-state index in [9.17, 15) is 0 Å². The van der Waals surface area contributed by atoms with Gasteiger partial charge in [0.05, 0.1) is 30.1 Å². The molecule has 3 heteroatoms. The molecule has 0 amide bonds. The van der Waals surface area contributed by atoms with Crippen molar-refractivity contribution in [3.63, 3.8) is 0 Å². The van der Waals surface area contributed by atoms with E-state index in [2.05, 4.69) is 24.4 Å². The van der Waals surface area contributed by atoms with Gasteiger partial charge in [0.25, 0.3) is 0 Å². The van der Waals surface area contributed by atoms with Gasteiger partial charge in [-0.25, -0.2) is 0 Å². The molecule has 0 bridgehead atoms. The minimum Gasteiger partial charge on any atom is -0.384 e. The number of hydrogen-bond acceptors (Lipinski definition) is 3. The normalized spacial score (nSPS) is 17.4. The van der Waals surface area contributed by atoms with Gasteiger partial charge in [-0.05, 0) is 43.7 Å². The number of ether oxygens (including phenoxy) is 1. The predicted octanol–water partition coefficient (Wildman–Crippen LogP) is 3.62. The number of rotatable bonds is 2. The number of aryl methyl sites for hydroxylation is 2. The molecule has 1 aliphatic carbocycles. The number of fused-ring (bicyclic) bond motifs is 4. The average molecular weight is 282 g/mol. The number of nitrogens with one attached hydrogen (secondary N) is 1. The Morgan fingerprint density at radius 3 is 2.95 bits per heavy atom. The van der Waals surface area contributed by atoms with Gasteiger partial charge < -0.3 is 10.1 Å². The summed E-state index contributed by atoms with van der Waals surface area (Å²) in [6.07, 6.45) is 5.94. The highest BCUT2D eigenvalue weighted by Gasteiger charge is 2.21. The third-order valence-corrected chi connectivity index (χ3v) is 4.75. The predicted molar refractivity (Wildman–Crippen MR) is 85.9 cm³/mol. The van der Waals surface area contributed by atoms with Gasteiger partial charge in [0.1, 0.15) is 0 Å². The Morgan fingerprint density at radius 1 is 1.14 bits per heavy atom. The van der Waals surface area contributed by atoms with Gasteiger partial charge in [0.2, 0.25) is 0 Å². The lowest BCUT2D eigenvalue weighted by Crippen LogP contribution is -2.16. The van der Waals surface area contributed by atoms with Crippen molar-refractivity contribution in [2.75, 3.05) is 18.5 Å². The van der Waals surface area contributed by atoms with Crippen molar-refractivity contribution in [2.45, 2.75) is 45.6 Å². The number of hydrogen-bond donors (Lipinski definition) is 1. The van der Waals surface area contributed by atoms with Gasteiger partial charge in [-0.3, -0.25) is 4.98 Å². The zero-order valence-corrected chi connectivity index (χ0v) is 12.7. The Labute approximate surface area is 125 Å². The maximum absolute atomic E-state index is 5.66. The summed E-state index contributed by atoms with van der Waals surface area (Å²) in [6, 6.07) is 4.58. The second kappa shape index (κ2) is 5.30. The summed E-state index contributed by atoms with van der Waals surface area (Å²) in [7, 11) is 0. The quantitative estimate of drug-likeness (QED) is 0.913. The molecule has 0 unspecified atom stereocenters. The standard InChI is InChI=1S/C18H22N2O/c1-2-19-17-14-8-7-12-5-3-4-6-13(12)18(14)20-16-9-10-21-11-15(16)17/h7-8H,2-6,9-11H2,1H3,(H,19,20). The van der Waals surface area contributed by atoms with Gasteiger partial charge in [-0.1, -0.05) is 12.1 Å². The highest BCUT2D eigenvalue weighted by molar-refractivity contribution is 5.96. The van der Waals surface area contributed by atoms with E-state index in [4.69, 9.17) is 9.72 Å². The van der Waals surface area contributed by atoms with E-state index < -0.39 is 0 Å². The molecular weight excluding hydrogens is 260 g/mol. The molecule has 21 heavy (non-hydrogen) atoms. The van der Waals surface area contributed by atoms with Crippen LogP contribution in [0.2, 0.25) is 0 Å². The van der Waals surface area contributed by atoms with Crippen LogP contribution in [0.3, 0.4) is 0 Å². The Kier molecular flexibility index (Phi) is 3.30. The molecule has 1 aliphatic heterocycles. The Morgan fingerprint density at radius 2 is 2.05 bits per heavy atom. The topological polar surface area (TPSA) is 34.2 Å². The molecule has 1 N–H and O–H groups in total. The number of pyridine rings is 1. The molecule has 0 radical (unpaired) electrons. The minimum atomic E-state index is 0.692. The molecule has 2 heterocycles. The van der Waals surface area contributed by atoms with Crippen LogP contribution >= 0.6 is 0 Å². The zero-order chi connectivity index (χ0) is 14.2. The zero-order valence-electron chi connectivity index (χ0n) is 12.7. The fourth-order valence-electron chi connectivity index (χ4n) is 3.73. The smallest absolute Gasteiger partial charge is 0.0761 e. The summed E-state index contributed by atoms with van der Waals surface area (Å²) in [5, 5.41) is 4.84. The van der Waals surface area contributed by atoms with Crippen LogP contribution in [-0.4, -0.2) is 18.1 Å². The van der Waals surface area contributed by atoms with Crippen molar-refractivity contribution in [2.24, 2.45) is 0 Å². The van der Waals surface area contributed by atoms with Crippen molar-refractivity contribution >= 4 is 16.6 Å². The van der Waals surface area contributed by atoms with Crippen LogP contribution in [0.25, 0.3) is 10.9 Å². The number of anilines is 1. The van der Waals surface area contributed by atoms with Crippen LogP contribution in [0.5, 0.6) is 0 Å². The molecule has 2 aliphatic rings. The van der Waals surface area contributed by atoms with E-state index in [1.165, 1.54) is 64.7 Å². The molecule has 0 spiro atoms. The van der Waals surface area contributed by atoms with Crippen molar-refractivity contribution in [1.29, 1.82) is 0 Å². The molecule has 0 saturated heterocycles. The number of aromatic nitrogens is 1. The van der Waals surface area contributed by atoms with Crippen molar-refractivity contribution in [1.82, 2.24) is 4.98 Å². The fraction of sp³-hybridized carbons (Fsp3) is 0.500. The Hall–Kier alpha value is -1.61. The first-order valence-electron chi connectivity index (χ1n) is 8.16. The molecule has 0 fully saturated rings.